The summed E-state index contributed by atoms with van der Waals surface area (Å²) in [6.07, 6.45) is 7.08. The molecule has 50 heavy (non-hydrogen) atoms. The fraction of sp³-hybridized carbons (Fsp3) is 0.513. The van der Waals surface area contributed by atoms with Crippen LogP contribution in [-0.4, -0.2) is 81.6 Å². The average Bonchev–Trinajstić information content (AvgIpc) is 3.41. The molecule has 2 aromatic carbocycles. The maximum absolute atomic E-state index is 14.4. The second-order valence-corrected chi connectivity index (χ2v) is 15.2. The van der Waals surface area contributed by atoms with Crippen LogP contribution in [0.15, 0.2) is 66.7 Å². The van der Waals surface area contributed by atoms with E-state index in [0.29, 0.717) is 12.2 Å². The number of nitrogens with zero attached hydrogens (tertiary/aromatic N) is 2. The van der Waals surface area contributed by atoms with Crippen molar-refractivity contribution in [3.8, 4) is 16.9 Å². The number of rotatable bonds is 5. The summed E-state index contributed by atoms with van der Waals surface area (Å²) in [6, 6.07) is 16.0. The Labute approximate surface area is 293 Å². The summed E-state index contributed by atoms with van der Waals surface area (Å²) in [5.74, 6) is -3.81. The molecular weight excluding hydrogens is 638 g/mol. The van der Waals surface area contributed by atoms with E-state index < -0.39 is 53.0 Å². The van der Waals surface area contributed by atoms with Crippen molar-refractivity contribution in [2.45, 2.75) is 82.9 Å². The van der Waals surface area contributed by atoms with Crippen molar-refractivity contribution in [1.82, 2.24) is 15.1 Å². The summed E-state index contributed by atoms with van der Waals surface area (Å²) < 4.78 is 11.4. The second-order valence-electron chi connectivity index (χ2n) is 15.2. The first-order valence-corrected chi connectivity index (χ1v) is 17.7. The van der Waals surface area contributed by atoms with Crippen molar-refractivity contribution in [2.24, 2.45) is 23.7 Å². The number of ether oxygens (including phenoxy) is 2. The predicted molar refractivity (Wildman–Crippen MR) is 185 cm³/mol. The molecule has 0 spiro atoms. The van der Waals surface area contributed by atoms with Crippen molar-refractivity contribution in [3.05, 3.63) is 66.7 Å². The summed E-state index contributed by atoms with van der Waals surface area (Å²) in [5.41, 5.74) is -0.278. The van der Waals surface area contributed by atoms with E-state index in [4.69, 9.17) is 9.47 Å². The Bertz CT molecular complexity index is 1650. The third-order valence-electron chi connectivity index (χ3n) is 10.3. The lowest BCUT2D eigenvalue weighted by Gasteiger charge is -2.32. The molecule has 6 rings (SSSR count). The third kappa shape index (κ3) is 7.71. The Kier molecular flexibility index (Phi) is 10.0. The second kappa shape index (κ2) is 14.3. The molecule has 1 saturated carbocycles. The van der Waals surface area contributed by atoms with Gasteiger partial charge < -0.3 is 29.7 Å². The lowest BCUT2D eigenvalue weighted by molar-refractivity contribution is -0.159. The molecule has 3 fully saturated rings. The Morgan fingerprint density at radius 2 is 1.72 bits per heavy atom. The molecule has 3 heterocycles. The van der Waals surface area contributed by atoms with Crippen LogP contribution in [0.1, 0.15) is 65.7 Å². The first kappa shape index (κ1) is 35.2. The topological polar surface area (TPSA) is 143 Å². The van der Waals surface area contributed by atoms with Gasteiger partial charge in [0.15, 0.2) is 0 Å². The molecule has 4 aliphatic rings. The minimum Gasteiger partial charge on any atom is -0.479 e. The van der Waals surface area contributed by atoms with Gasteiger partial charge in [-0.15, -0.1) is 0 Å². The molecule has 0 unspecified atom stereocenters. The fourth-order valence-corrected chi connectivity index (χ4v) is 7.77. The highest BCUT2D eigenvalue weighted by Crippen LogP contribution is 2.46. The Balaban J connectivity index is 1.23. The number of allylic oxidation sites excluding steroid dienone is 1. The molecule has 0 radical (unpaired) electrons. The zero-order chi connectivity index (χ0) is 35.6. The average molecular weight is 686 g/mol. The number of fused-ring (bicyclic) bond motifs is 4. The number of esters is 1. The van der Waals surface area contributed by atoms with Crippen LogP contribution in [0.3, 0.4) is 0 Å². The van der Waals surface area contributed by atoms with E-state index >= 15 is 0 Å². The molecule has 3 aliphatic heterocycles. The van der Waals surface area contributed by atoms with Gasteiger partial charge >= 0.3 is 18.0 Å². The van der Waals surface area contributed by atoms with Crippen molar-refractivity contribution in [2.75, 3.05) is 19.6 Å². The van der Waals surface area contributed by atoms with Crippen LogP contribution in [0.2, 0.25) is 0 Å². The summed E-state index contributed by atoms with van der Waals surface area (Å²) >= 11 is 0. The van der Waals surface area contributed by atoms with Gasteiger partial charge in [-0.05, 0) is 69.7 Å². The van der Waals surface area contributed by atoms with Crippen molar-refractivity contribution < 1.29 is 38.6 Å². The molecule has 2 N–H and O–H groups in total. The molecule has 2 saturated heterocycles. The molecule has 0 bridgehead atoms. The van der Waals surface area contributed by atoms with Crippen LogP contribution in [0, 0.1) is 23.7 Å². The normalized spacial score (nSPS) is 29.0. The minimum absolute atomic E-state index is 0.113. The van der Waals surface area contributed by atoms with E-state index in [1.165, 1.54) is 4.90 Å². The third-order valence-corrected chi connectivity index (χ3v) is 10.3. The zero-order valence-corrected chi connectivity index (χ0v) is 29.0. The van der Waals surface area contributed by atoms with Crippen LogP contribution in [-0.2, 0) is 23.9 Å². The lowest BCUT2D eigenvalue weighted by atomic mass is 9.92. The number of carbonyl (C=O) groups excluding carboxylic acids is 4. The molecular formula is C39H47N3O8. The Morgan fingerprint density at radius 1 is 0.960 bits per heavy atom. The summed E-state index contributed by atoms with van der Waals surface area (Å²) in [4.78, 5) is 70.6. The van der Waals surface area contributed by atoms with Crippen LogP contribution in [0.4, 0.5) is 4.79 Å². The van der Waals surface area contributed by atoms with Gasteiger partial charge in [0.05, 0.1) is 6.42 Å². The number of aliphatic carboxylic acids is 1. The number of carbonyl (C=O) groups is 5. The number of hydrogen-bond acceptors (Lipinski definition) is 7. The van der Waals surface area contributed by atoms with Crippen molar-refractivity contribution >= 4 is 29.8 Å². The van der Waals surface area contributed by atoms with Gasteiger partial charge in [-0.1, -0.05) is 67.5 Å². The predicted octanol–water partition coefficient (Wildman–Crippen LogP) is 5.44. The van der Waals surface area contributed by atoms with Crippen molar-refractivity contribution in [3.63, 3.8) is 0 Å². The van der Waals surface area contributed by atoms with Gasteiger partial charge in [0.25, 0.3) is 0 Å². The quantitative estimate of drug-likeness (QED) is 0.313. The number of carboxylic acid groups (broad SMARTS) is 1. The van der Waals surface area contributed by atoms with Crippen LogP contribution in [0.5, 0.6) is 5.75 Å². The smallest absolute Gasteiger partial charge is 0.415 e. The first-order valence-electron chi connectivity index (χ1n) is 17.7. The van der Waals surface area contributed by atoms with Gasteiger partial charge in [-0.2, -0.15) is 0 Å². The minimum atomic E-state index is -1.45. The summed E-state index contributed by atoms with van der Waals surface area (Å²) in [5, 5.41) is 13.0. The highest BCUT2D eigenvalue weighted by Gasteiger charge is 2.62. The van der Waals surface area contributed by atoms with E-state index in [9.17, 15) is 29.1 Å². The van der Waals surface area contributed by atoms with Gasteiger partial charge in [-0.25, -0.2) is 9.59 Å². The van der Waals surface area contributed by atoms with Gasteiger partial charge in [0.2, 0.25) is 11.8 Å². The highest BCUT2D eigenvalue weighted by atomic mass is 16.6. The van der Waals surface area contributed by atoms with Crippen molar-refractivity contribution in [1.29, 1.82) is 0 Å². The highest BCUT2D eigenvalue weighted by molar-refractivity contribution is 5.96. The maximum atomic E-state index is 14.4. The Hall–Kier alpha value is -4.67. The lowest BCUT2D eigenvalue weighted by Crippen LogP contribution is -2.56. The molecule has 11 heteroatoms. The molecule has 3 amide bonds. The molecule has 6 atom stereocenters. The van der Waals surface area contributed by atoms with Gasteiger partial charge in [-0.3, -0.25) is 14.4 Å². The van der Waals surface area contributed by atoms with E-state index in [0.717, 1.165) is 36.8 Å². The van der Waals surface area contributed by atoms with Crippen LogP contribution in [0.25, 0.3) is 11.1 Å². The van der Waals surface area contributed by atoms with E-state index in [1.54, 1.807) is 37.8 Å². The fourth-order valence-electron chi connectivity index (χ4n) is 7.77. The van der Waals surface area contributed by atoms with Crippen LogP contribution >= 0.6 is 0 Å². The monoisotopic (exact) mass is 685 g/mol. The standard InChI is InChI=1S/C39H47N3O8/c1-38(2,3)50-32(43)20-27-15-8-5-4-6-11-17-29-21-39(29,36(46)47)40-34(44)33-31-24-41(22-28(31)23-42(33)35(27)45)37(48)49-30-18-12-16-26(19-30)25-13-9-7-10-14-25/h7,9-14,16-19,27-29,31,33H,4-6,8,15,20-24H2,1-3H3,(H,40,44)(H,46,47)/b17-11-/t27-,28-,29+,31-,33-,39+/m0/s1. The summed E-state index contributed by atoms with van der Waals surface area (Å²) in [7, 11) is 0. The molecule has 0 aromatic heterocycles. The van der Waals surface area contributed by atoms with E-state index in [2.05, 4.69) is 5.32 Å². The maximum Gasteiger partial charge on any atom is 0.415 e. The number of hydrogen-bond donors (Lipinski definition) is 2. The zero-order valence-electron chi connectivity index (χ0n) is 29.0. The molecule has 1 aliphatic carbocycles. The van der Waals surface area contributed by atoms with Gasteiger partial charge in [0.1, 0.15) is 22.9 Å². The molecule has 266 valence electrons. The SMILES string of the molecule is CC(C)(C)OC(=O)C[C@@H]1CCCCC/C=C\[C@@H]2C[C@@]2(C(=O)O)NC(=O)[C@@H]2[C@H]3CN(C(=O)Oc4cccc(-c5ccccc5)c4)C[C@H]3CN2C1=O. The number of likely N-dealkylation sites (tertiary alicyclic amines) is 1. The molecule has 11 nitrogen and oxygen atoms in total. The van der Waals surface area contributed by atoms with E-state index in [1.807, 2.05) is 54.6 Å². The molecule has 2 aromatic rings. The largest absolute Gasteiger partial charge is 0.479 e. The summed E-state index contributed by atoms with van der Waals surface area (Å²) in [6.45, 7) is 5.95. The first-order chi connectivity index (χ1) is 23.8. The van der Waals surface area contributed by atoms with Gasteiger partial charge in [0, 0.05) is 43.3 Å². The number of carboxylic acids is 1. The number of nitrogens with one attached hydrogen (secondary N) is 1. The van der Waals surface area contributed by atoms with Crippen LogP contribution < -0.4 is 10.1 Å². The number of amides is 3. The van der Waals surface area contributed by atoms with E-state index in [-0.39, 0.29) is 50.2 Å². The number of benzene rings is 2. The Morgan fingerprint density at radius 3 is 2.46 bits per heavy atom.